The van der Waals surface area contributed by atoms with E-state index in [0.717, 1.165) is 11.2 Å². The Morgan fingerprint density at radius 3 is 1.75 bits per heavy atom. The molecule has 4 nitrogen and oxygen atoms in total. The van der Waals surface area contributed by atoms with E-state index in [-0.39, 0.29) is 16.2 Å². The molecule has 0 aliphatic heterocycles. The fraction of sp³-hybridized carbons (Fsp3) is 0.190. The molecule has 0 N–H and O–H groups in total. The number of nitrogens with zero attached hydrogens (tertiary/aromatic N) is 4. The van der Waals surface area contributed by atoms with Crippen LogP contribution in [0, 0.1) is 0 Å². The summed E-state index contributed by atoms with van der Waals surface area (Å²) in [4.78, 5) is 5.59. The molecule has 4 heteroatoms. The van der Waals surface area contributed by atoms with E-state index in [1.54, 1.807) is 0 Å². The number of para-hydroxylation sites is 2. The molecule has 0 atom stereocenters. The summed E-state index contributed by atoms with van der Waals surface area (Å²) >= 11 is 0. The van der Waals surface area contributed by atoms with Crippen molar-refractivity contribution in [1.29, 1.82) is 0 Å². The van der Waals surface area contributed by atoms with Gasteiger partial charge in [-0.3, -0.25) is 4.40 Å². The van der Waals surface area contributed by atoms with Crippen LogP contribution in [-0.4, -0.2) is 18.4 Å². The third kappa shape index (κ3) is 5.11. The second kappa shape index (κ2) is 12.7. The summed E-state index contributed by atoms with van der Waals surface area (Å²) in [5.74, 6) is 0. The topological polar surface area (TPSA) is 26.6 Å². The Morgan fingerprint density at radius 1 is 0.373 bits per heavy atom. The molecule has 0 saturated carbocycles. The van der Waals surface area contributed by atoms with Crippen LogP contribution >= 0.6 is 0 Å². The van der Waals surface area contributed by atoms with Gasteiger partial charge in [0.15, 0.2) is 0 Å². The van der Waals surface area contributed by atoms with Gasteiger partial charge in [0.25, 0.3) is 0 Å². The summed E-state index contributed by atoms with van der Waals surface area (Å²) in [5, 5.41) is 15.3. The molecular weight excluding hydrogens is 813 g/mol. The maximum atomic E-state index is 5.59. The van der Waals surface area contributed by atoms with E-state index in [1.807, 2.05) is 0 Å². The smallest absolute Gasteiger partial charge is 0.146 e. The molecule has 0 aliphatic rings. The molecule has 6 heterocycles. The van der Waals surface area contributed by atoms with Crippen LogP contribution < -0.4 is 0 Å². The molecule has 67 heavy (non-hydrogen) atoms. The van der Waals surface area contributed by atoms with Gasteiger partial charge in [0, 0.05) is 65.1 Å². The van der Waals surface area contributed by atoms with Crippen LogP contribution in [0.2, 0.25) is 0 Å². The lowest BCUT2D eigenvalue weighted by atomic mass is 9.83. The quantitative estimate of drug-likeness (QED) is 0.170. The molecule has 14 rings (SSSR count). The van der Waals surface area contributed by atoms with Crippen molar-refractivity contribution in [3.63, 3.8) is 0 Å². The Balaban J connectivity index is 1.17. The van der Waals surface area contributed by atoms with Gasteiger partial charge in [-0.15, -0.1) is 0 Å². The molecule has 14 aromatic rings. The fourth-order valence-electron chi connectivity index (χ4n) is 11.9. The van der Waals surface area contributed by atoms with E-state index >= 15 is 0 Å². The van der Waals surface area contributed by atoms with Crippen molar-refractivity contribution in [2.75, 3.05) is 0 Å². The van der Waals surface area contributed by atoms with E-state index in [4.69, 9.17) is 4.98 Å². The maximum absolute atomic E-state index is 5.59. The Morgan fingerprint density at radius 2 is 0.985 bits per heavy atom. The van der Waals surface area contributed by atoms with Crippen molar-refractivity contribution in [2.24, 2.45) is 0 Å². The number of hydrogen-bond acceptors (Lipinski definition) is 1. The summed E-state index contributed by atoms with van der Waals surface area (Å²) in [6, 6.07) is 55.3. The Hall–Kier alpha value is -7.43. The van der Waals surface area contributed by atoms with Crippen LogP contribution in [0.25, 0.3) is 126 Å². The summed E-state index contributed by atoms with van der Waals surface area (Å²) in [7, 11) is 0. The van der Waals surface area contributed by atoms with Crippen LogP contribution in [0.3, 0.4) is 0 Å². The number of hydrogen-bond donors (Lipinski definition) is 0. The first kappa shape index (κ1) is 38.8. The summed E-state index contributed by atoms with van der Waals surface area (Å²) in [6.07, 6.45) is 2.19. The largest absolute Gasteiger partial charge is 0.309 e. The number of pyridine rings is 1. The SMILES string of the molecule is CC(C)(C)c1ccc2c(c1)c1c3ccccc3cc3c4c5c6cc(C(C)(C)C)cc7c8cc(C(C)(C)C)cc(-c9ccc%10c(c9)c9ccccc9n%10-c9ccccc9)c8n(c5cnc4n2c31)c76. The standard InChI is InChI=1S/C63H52N4/c1-61(2,3)37-24-26-52-47(29-37)54-41-20-14-13-17-35(41)28-48-56-55-49-33-39(63(7,8)9)32-46-45-31-38(62(4,5)6)30-43(57(45)66(58(46)49)53(55)34-64-60(56)67(52)59(48)54)36-23-25-51-44(27-36)42-21-15-16-22-50(42)65(51)40-18-11-10-12-19-40/h10-34H,1-9H3. The van der Waals surface area contributed by atoms with E-state index in [1.165, 1.54) is 131 Å². The van der Waals surface area contributed by atoms with Crippen LogP contribution in [0.15, 0.2) is 152 Å². The third-order valence-corrected chi connectivity index (χ3v) is 15.3. The molecule has 0 spiro atoms. The summed E-state index contributed by atoms with van der Waals surface area (Å²) in [5.41, 5.74) is 17.1. The van der Waals surface area contributed by atoms with Gasteiger partial charge >= 0.3 is 0 Å². The van der Waals surface area contributed by atoms with Gasteiger partial charge in [-0.2, -0.15) is 0 Å². The van der Waals surface area contributed by atoms with Gasteiger partial charge in [0.05, 0.1) is 44.8 Å². The van der Waals surface area contributed by atoms with E-state index < -0.39 is 0 Å². The summed E-state index contributed by atoms with van der Waals surface area (Å²) < 4.78 is 7.48. The molecule has 8 aromatic carbocycles. The minimum absolute atomic E-state index is 0.0239. The van der Waals surface area contributed by atoms with Gasteiger partial charge in [-0.05, 0) is 122 Å². The average Bonchev–Trinajstić information content (AvgIpc) is 4.10. The predicted octanol–water partition coefficient (Wildman–Crippen LogP) is 17.2. The molecule has 0 radical (unpaired) electrons. The second-order valence-corrected chi connectivity index (χ2v) is 22.5. The highest BCUT2D eigenvalue weighted by molar-refractivity contribution is 6.38. The van der Waals surface area contributed by atoms with Crippen LogP contribution in [-0.2, 0) is 16.2 Å². The average molecular weight is 865 g/mol. The van der Waals surface area contributed by atoms with Gasteiger partial charge < -0.3 is 8.97 Å². The van der Waals surface area contributed by atoms with Gasteiger partial charge in [-0.25, -0.2) is 4.98 Å². The maximum Gasteiger partial charge on any atom is 0.146 e. The van der Waals surface area contributed by atoms with Crippen molar-refractivity contribution in [3.05, 3.63) is 168 Å². The van der Waals surface area contributed by atoms with E-state index in [9.17, 15) is 0 Å². The lowest BCUT2D eigenvalue weighted by Crippen LogP contribution is -2.11. The number of benzene rings is 8. The normalized spacial score (nSPS) is 13.4. The molecule has 0 fully saturated rings. The van der Waals surface area contributed by atoms with E-state index in [2.05, 4.69) is 227 Å². The molecular formula is C63H52N4. The minimum Gasteiger partial charge on any atom is -0.309 e. The predicted molar refractivity (Wildman–Crippen MR) is 287 cm³/mol. The van der Waals surface area contributed by atoms with Crippen molar-refractivity contribution < 1.29 is 0 Å². The zero-order valence-corrected chi connectivity index (χ0v) is 39.7. The highest BCUT2D eigenvalue weighted by Gasteiger charge is 2.30. The Kier molecular flexibility index (Phi) is 7.36. The van der Waals surface area contributed by atoms with Crippen LogP contribution in [0.4, 0.5) is 0 Å². The zero-order chi connectivity index (χ0) is 45.6. The molecule has 324 valence electrons. The molecule has 0 bridgehead atoms. The number of rotatable bonds is 2. The monoisotopic (exact) mass is 864 g/mol. The van der Waals surface area contributed by atoms with Crippen molar-refractivity contribution >= 4 is 109 Å². The highest BCUT2D eigenvalue weighted by atomic mass is 15.0. The number of fused-ring (bicyclic) bond motifs is 18. The minimum atomic E-state index is -0.0804. The Labute approximate surface area is 389 Å². The first-order chi connectivity index (χ1) is 32.1. The fourth-order valence-corrected chi connectivity index (χ4v) is 11.9. The first-order valence-corrected chi connectivity index (χ1v) is 24.0. The van der Waals surface area contributed by atoms with Gasteiger partial charge in [0.1, 0.15) is 5.65 Å². The van der Waals surface area contributed by atoms with Crippen molar-refractivity contribution in [2.45, 2.75) is 78.6 Å². The van der Waals surface area contributed by atoms with Crippen LogP contribution in [0.5, 0.6) is 0 Å². The summed E-state index contributed by atoms with van der Waals surface area (Å²) in [6.45, 7) is 21.1. The second-order valence-electron chi connectivity index (χ2n) is 22.5. The lowest BCUT2D eigenvalue weighted by molar-refractivity contribution is 0.591. The first-order valence-electron chi connectivity index (χ1n) is 24.0. The number of aromatic nitrogens is 4. The zero-order valence-electron chi connectivity index (χ0n) is 39.7. The lowest BCUT2D eigenvalue weighted by Gasteiger charge is -2.22. The molecule has 0 saturated heterocycles. The van der Waals surface area contributed by atoms with Crippen molar-refractivity contribution in [3.8, 4) is 16.8 Å². The Bertz CT molecular complexity index is 4420. The molecule has 0 aliphatic carbocycles. The highest BCUT2D eigenvalue weighted by Crippen LogP contribution is 2.51. The molecule has 0 unspecified atom stereocenters. The van der Waals surface area contributed by atoms with E-state index in [0.29, 0.717) is 0 Å². The van der Waals surface area contributed by atoms with Gasteiger partial charge in [0.2, 0.25) is 0 Å². The third-order valence-electron chi connectivity index (χ3n) is 15.3. The van der Waals surface area contributed by atoms with Gasteiger partial charge in [-0.1, -0.05) is 135 Å². The molecule has 0 amide bonds. The van der Waals surface area contributed by atoms with Crippen molar-refractivity contribution in [1.82, 2.24) is 18.4 Å². The molecule has 6 aromatic heterocycles. The van der Waals surface area contributed by atoms with Crippen LogP contribution in [0.1, 0.15) is 79.0 Å².